The van der Waals surface area contributed by atoms with Gasteiger partial charge in [0.05, 0.1) is 17.0 Å². The normalized spacial score (nSPS) is 14.4. The highest BCUT2D eigenvalue weighted by Gasteiger charge is 2.21. The maximum absolute atomic E-state index is 12.5. The van der Waals surface area contributed by atoms with Gasteiger partial charge < -0.3 is 20.0 Å². The van der Waals surface area contributed by atoms with Crippen LogP contribution in [0.2, 0.25) is 0 Å². The monoisotopic (exact) mass is 439 g/mol. The van der Waals surface area contributed by atoms with E-state index in [0.717, 1.165) is 35.9 Å². The van der Waals surface area contributed by atoms with Gasteiger partial charge in [0, 0.05) is 50.3 Å². The molecule has 162 valence electrons. The fourth-order valence-corrected chi connectivity index (χ4v) is 4.02. The Morgan fingerprint density at radius 1 is 1.13 bits per heavy atom. The number of carbonyl (C=O) groups excluding carboxylic acids is 2. The average molecular weight is 440 g/mol. The Labute approximate surface area is 184 Å². The van der Waals surface area contributed by atoms with Gasteiger partial charge in [-0.2, -0.15) is 0 Å². The van der Waals surface area contributed by atoms with Crippen LogP contribution in [0.4, 0.5) is 10.5 Å². The summed E-state index contributed by atoms with van der Waals surface area (Å²) in [6, 6.07) is 10.6. The van der Waals surface area contributed by atoms with Gasteiger partial charge in [0.25, 0.3) is 5.91 Å². The molecule has 3 aromatic rings. The number of piperazine rings is 1. The second-order valence-corrected chi connectivity index (χ2v) is 8.47. The molecular formula is C22H25N5O3S. The van der Waals surface area contributed by atoms with Crippen LogP contribution < -0.4 is 10.6 Å². The predicted molar refractivity (Wildman–Crippen MR) is 119 cm³/mol. The lowest BCUT2D eigenvalue weighted by Gasteiger charge is -2.34. The second-order valence-electron chi connectivity index (χ2n) is 7.41. The third-order valence-corrected chi connectivity index (χ3v) is 5.93. The van der Waals surface area contributed by atoms with Crippen molar-refractivity contribution in [3.05, 3.63) is 70.1 Å². The number of anilines is 1. The third-order valence-electron chi connectivity index (χ3n) is 5.11. The van der Waals surface area contributed by atoms with Crippen LogP contribution in [0.1, 0.15) is 26.8 Å². The van der Waals surface area contributed by atoms with Crippen molar-refractivity contribution in [3.8, 4) is 0 Å². The number of aryl methyl sites for hydroxylation is 1. The summed E-state index contributed by atoms with van der Waals surface area (Å²) in [5.41, 5.74) is 2.73. The number of hydrogen-bond acceptors (Lipinski definition) is 6. The number of benzene rings is 1. The Morgan fingerprint density at radius 3 is 2.55 bits per heavy atom. The molecule has 3 amide bonds. The lowest BCUT2D eigenvalue weighted by molar-refractivity contribution is 0.0996. The molecular weight excluding hydrogens is 414 g/mol. The molecule has 0 aliphatic carbocycles. The van der Waals surface area contributed by atoms with Gasteiger partial charge in [-0.3, -0.25) is 9.69 Å². The zero-order valence-electron chi connectivity index (χ0n) is 17.3. The second kappa shape index (κ2) is 9.76. The van der Waals surface area contributed by atoms with Gasteiger partial charge in [0.15, 0.2) is 5.76 Å². The zero-order chi connectivity index (χ0) is 21.6. The number of carbonyl (C=O) groups is 2. The molecule has 0 atom stereocenters. The van der Waals surface area contributed by atoms with E-state index in [9.17, 15) is 9.59 Å². The van der Waals surface area contributed by atoms with E-state index >= 15 is 0 Å². The Bertz CT molecular complexity index is 1010. The number of nitrogens with zero attached hydrogens (tertiary/aromatic N) is 3. The van der Waals surface area contributed by atoms with Crippen LogP contribution in [-0.4, -0.2) is 52.9 Å². The van der Waals surface area contributed by atoms with E-state index in [-0.39, 0.29) is 17.7 Å². The highest BCUT2D eigenvalue weighted by atomic mass is 32.1. The lowest BCUT2D eigenvalue weighted by Crippen LogP contribution is -2.51. The van der Waals surface area contributed by atoms with Crippen molar-refractivity contribution in [2.75, 3.05) is 31.5 Å². The molecule has 8 nitrogen and oxygen atoms in total. The van der Waals surface area contributed by atoms with E-state index in [1.54, 1.807) is 35.6 Å². The minimum absolute atomic E-state index is 0.0562. The number of nitrogens with one attached hydrogen (secondary N) is 2. The van der Waals surface area contributed by atoms with Crippen LogP contribution in [0.15, 0.2) is 52.5 Å². The first-order valence-corrected chi connectivity index (χ1v) is 11.0. The molecule has 31 heavy (non-hydrogen) atoms. The summed E-state index contributed by atoms with van der Waals surface area (Å²) in [4.78, 5) is 33.2. The largest absolute Gasteiger partial charge is 0.459 e. The van der Waals surface area contributed by atoms with E-state index in [2.05, 4.69) is 25.9 Å². The summed E-state index contributed by atoms with van der Waals surface area (Å²) in [5.74, 6) is -0.0340. The van der Waals surface area contributed by atoms with Crippen LogP contribution >= 0.6 is 11.3 Å². The van der Waals surface area contributed by atoms with Gasteiger partial charge in [0.1, 0.15) is 0 Å². The van der Waals surface area contributed by atoms with Crippen LogP contribution in [0.25, 0.3) is 0 Å². The Morgan fingerprint density at radius 2 is 1.90 bits per heavy atom. The molecule has 1 aliphatic rings. The Hall–Kier alpha value is -3.17. The first-order chi connectivity index (χ1) is 15.1. The van der Waals surface area contributed by atoms with E-state index in [0.29, 0.717) is 25.3 Å². The molecule has 0 saturated carbocycles. The predicted octanol–water partition coefficient (Wildman–Crippen LogP) is 3.32. The van der Waals surface area contributed by atoms with Crippen molar-refractivity contribution in [1.82, 2.24) is 20.1 Å². The smallest absolute Gasteiger partial charge is 0.317 e. The first-order valence-electron chi connectivity index (χ1n) is 10.2. The molecule has 1 fully saturated rings. The van der Waals surface area contributed by atoms with Crippen LogP contribution in [0, 0.1) is 6.92 Å². The molecule has 3 heterocycles. The quantitative estimate of drug-likeness (QED) is 0.615. The van der Waals surface area contributed by atoms with Gasteiger partial charge in [-0.25, -0.2) is 9.78 Å². The fraction of sp³-hybridized carbons (Fsp3) is 0.318. The summed E-state index contributed by atoms with van der Waals surface area (Å²) >= 11 is 1.67. The van der Waals surface area contributed by atoms with Crippen molar-refractivity contribution in [2.45, 2.75) is 20.0 Å². The standard InChI is InChI=1S/C22H25N5O3S/c1-16-24-19(15-31-16)14-26-8-10-27(11-9-26)22(29)23-13-17-4-6-18(7-5-17)25-21(28)20-3-2-12-30-20/h2-7,12,15H,8-11,13-14H2,1H3,(H,23,29)(H,25,28). The van der Waals surface area contributed by atoms with Gasteiger partial charge >= 0.3 is 6.03 Å². The molecule has 0 bridgehead atoms. The summed E-state index contributed by atoms with van der Waals surface area (Å²) in [5, 5.41) is 8.93. The van der Waals surface area contributed by atoms with Crippen LogP contribution in [0.3, 0.4) is 0 Å². The number of rotatable bonds is 6. The van der Waals surface area contributed by atoms with Crippen molar-refractivity contribution < 1.29 is 14.0 Å². The molecule has 9 heteroatoms. The Balaban J connectivity index is 1.19. The lowest BCUT2D eigenvalue weighted by atomic mass is 10.2. The maximum Gasteiger partial charge on any atom is 0.317 e. The SMILES string of the molecule is Cc1nc(CN2CCN(C(=O)NCc3ccc(NC(=O)c4ccco4)cc3)CC2)cs1. The van der Waals surface area contributed by atoms with E-state index in [4.69, 9.17) is 4.42 Å². The summed E-state index contributed by atoms with van der Waals surface area (Å²) in [7, 11) is 0. The Kier molecular flexibility index (Phi) is 6.63. The molecule has 0 spiro atoms. The number of urea groups is 1. The highest BCUT2D eigenvalue weighted by Crippen LogP contribution is 2.14. The van der Waals surface area contributed by atoms with Crippen molar-refractivity contribution >= 4 is 29.0 Å². The highest BCUT2D eigenvalue weighted by molar-refractivity contribution is 7.09. The zero-order valence-corrected chi connectivity index (χ0v) is 18.2. The molecule has 1 saturated heterocycles. The summed E-state index contributed by atoms with van der Waals surface area (Å²) in [6.07, 6.45) is 1.46. The average Bonchev–Trinajstić information content (AvgIpc) is 3.46. The van der Waals surface area contributed by atoms with Crippen molar-refractivity contribution in [1.29, 1.82) is 0 Å². The van der Waals surface area contributed by atoms with E-state index in [1.165, 1.54) is 6.26 Å². The van der Waals surface area contributed by atoms with E-state index < -0.39 is 0 Å². The molecule has 1 aliphatic heterocycles. The van der Waals surface area contributed by atoms with Crippen LogP contribution in [0.5, 0.6) is 0 Å². The molecule has 2 N–H and O–H groups in total. The molecule has 0 unspecified atom stereocenters. The number of amides is 3. The van der Waals surface area contributed by atoms with Crippen molar-refractivity contribution in [2.24, 2.45) is 0 Å². The molecule has 2 aromatic heterocycles. The fourth-order valence-electron chi connectivity index (χ4n) is 3.41. The third kappa shape index (κ3) is 5.71. The number of hydrogen-bond donors (Lipinski definition) is 2. The molecule has 4 rings (SSSR count). The summed E-state index contributed by atoms with van der Waals surface area (Å²) in [6.45, 7) is 6.37. The van der Waals surface area contributed by atoms with E-state index in [1.807, 2.05) is 24.0 Å². The summed E-state index contributed by atoms with van der Waals surface area (Å²) < 4.78 is 5.08. The minimum atomic E-state index is -0.296. The molecule has 0 radical (unpaired) electrons. The number of aromatic nitrogens is 1. The van der Waals surface area contributed by atoms with Crippen LogP contribution in [-0.2, 0) is 13.1 Å². The van der Waals surface area contributed by atoms with Gasteiger partial charge in [0.2, 0.25) is 0 Å². The van der Waals surface area contributed by atoms with Crippen molar-refractivity contribution in [3.63, 3.8) is 0 Å². The van der Waals surface area contributed by atoms with Gasteiger partial charge in [-0.1, -0.05) is 12.1 Å². The topological polar surface area (TPSA) is 90.7 Å². The molecule has 1 aromatic carbocycles. The maximum atomic E-state index is 12.5. The van der Waals surface area contributed by atoms with Gasteiger partial charge in [-0.05, 0) is 36.8 Å². The number of furan rings is 1. The first kappa shape index (κ1) is 21.1. The minimum Gasteiger partial charge on any atom is -0.459 e. The number of thiazole rings is 1. The van der Waals surface area contributed by atoms with Gasteiger partial charge in [-0.15, -0.1) is 11.3 Å².